The minimum absolute atomic E-state index is 0.0964. The van der Waals surface area contributed by atoms with Crippen LogP contribution in [0.4, 0.5) is 0 Å². The van der Waals surface area contributed by atoms with E-state index < -0.39 is 0 Å². The molecule has 0 amide bonds. The second-order valence-electron chi connectivity index (χ2n) is 8.75. The number of nitrogens with zero attached hydrogens (tertiary/aromatic N) is 5. The molecule has 10 heteroatoms. The Balaban J connectivity index is 1.21. The summed E-state index contributed by atoms with van der Waals surface area (Å²) < 4.78 is 18.2. The summed E-state index contributed by atoms with van der Waals surface area (Å²) in [7, 11) is 0. The molecule has 38 heavy (non-hydrogen) atoms. The van der Waals surface area contributed by atoms with Crippen LogP contribution in [-0.2, 0) is 11.2 Å². The highest BCUT2D eigenvalue weighted by atomic mass is 16.5. The monoisotopic (exact) mass is 511 g/mol. The van der Waals surface area contributed by atoms with Crippen molar-refractivity contribution in [1.29, 1.82) is 10.8 Å². The highest BCUT2D eigenvalue weighted by Gasteiger charge is 2.11. The number of aromatic nitrogens is 4. The van der Waals surface area contributed by atoms with Crippen molar-refractivity contribution in [2.75, 3.05) is 39.5 Å². The Morgan fingerprint density at radius 3 is 2.50 bits per heavy atom. The van der Waals surface area contributed by atoms with E-state index in [0.29, 0.717) is 29.8 Å². The molecular weight excluding hydrogens is 482 g/mol. The summed E-state index contributed by atoms with van der Waals surface area (Å²) in [6.07, 6.45) is 3.64. The zero-order valence-electron chi connectivity index (χ0n) is 20.9. The SMILES string of the molecule is N=C(Cc1cccc(-c2ncc(OCCN3CCOCC3)cn2)c1)n1nc(Oc2ccccc2)ccc1=N. The first-order chi connectivity index (χ1) is 18.6. The first-order valence-electron chi connectivity index (χ1n) is 12.4. The average molecular weight is 512 g/mol. The zero-order valence-corrected chi connectivity index (χ0v) is 20.9. The van der Waals surface area contributed by atoms with Crippen LogP contribution in [0, 0.1) is 10.8 Å². The zero-order chi connectivity index (χ0) is 26.2. The van der Waals surface area contributed by atoms with Gasteiger partial charge in [-0.05, 0) is 29.8 Å². The molecule has 2 aromatic heterocycles. The molecule has 3 heterocycles. The largest absolute Gasteiger partial charge is 0.489 e. The number of ether oxygens (including phenoxy) is 3. The number of morpholine rings is 1. The Morgan fingerprint density at radius 1 is 0.921 bits per heavy atom. The van der Waals surface area contributed by atoms with E-state index in [1.54, 1.807) is 24.5 Å². The van der Waals surface area contributed by atoms with Crippen molar-refractivity contribution in [3.05, 3.63) is 90.2 Å². The van der Waals surface area contributed by atoms with Crippen molar-refractivity contribution >= 4 is 5.84 Å². The van der Waals surface area contributed by atoms with Crippen molar-refractivity contribution in [3.63, 3.8) is 0 Å². The Kier molecular flexibility index (Phi) is 8.12. The summed E-state index contributed by atoms with van der Waals surface area (Å²) in [5.41, 5.74) is 1.81. The Morgan fingerprint density at radius 2 is 1.71 bits per heavy atom. The van der Waals surface area contributed by atoms with Gasteiger partial charge in [0.05, 0.1) is 25.6 Å². The molecule has 0 saturated carbocycles. The summed E-state index contributed by atoms with van der Waals surface area (Å²) in [5, 5.41) is 21.1. The van der Waals surface area contributed by atoms with E-state index in [1.165, 1.54) is 4.68 Å². The normalized spacial score (nSPS) is 13.7. The maximum absolute atomic E-state index is 8.59. The van der Waals surface area contributed by atoms with Gasteiger partial charge in [0, 0.05) is 37.7 Å². The van der Waals surface area contributed by atoms with Gasteiger partial charge in [-0.1, -0.05) is 36.4 Å². The topological polar surface area (TPSA) is 122 Å². The quantitative estimate of drug-likeness (QED) is 0.261. The van der Waals surface area contributed by atoms with Gasteiger partial charge in [-0.2, -0.15) is 4.68 Å². The average Bonchev–Trinajstić information content (AvgIpc) is 2.96. The number of nitrogens with one attached hydrogen (secondary N) is 2. The van der Waals surface area contributed by atoms with E-state index in [-0.39, 0.29) is 17.7 Å². The van der Waals surface area contributed by atoms with Gasteiger partial charge in [-0.25, -0.2) is 9.97 Å². The van der Waals surface area contributed by atoms with Crippen molar-refractivity contribution in [3.8, 4) is 28.8 Å². The molecule has 0 radical (unpaired) electrons. The molecule has 1 saturated heterocycles. The molecule has 0 bridgehead atoms. The Labute approximate surface area is 220 Å². The van der Waals surface area contributed by atoms with E-state index in [2.05, 4.69) is 20.0 Å². The van der Waals surface area contributed by atoms with Gasteiger partial charge in [-0.15, -0.1) is 5.10 Å². The summed E-state index contributed by atoms with van der Waals surface area (Å²) in [6, 6.07) is 20.2. The van der Waals surface area contributed by atoms with E-state index in [4.69, 9.17) is 25.0 Å². The van der Waals surface area contributed by atoms with Crippen molar-refractivity contribution in [2.45, 2.75) is 6.42 Å². The van der Waals surface area contributed by atoms with Crippen LogP contribution in [0.2, 0.25) is 0 Å². The van der Waals surface area contributed by atoms with Crippen LogP contribution in [0.1, 0.15) is 5.56 Å². The smallest absolute Gasteiger partial charge is 0.237 e. The highest BCUT2D eigenvalue weighted by molar-refractivity contribution is 5.83. The van der Waals surface area contributed by atoms with Crippen LogP contribution < -0.4 is 15.0 Å². The van der Waals surface area contributed by atoms with E-state index in [1.807, 2.05) is 54.6 Å². The first kappa shape index (κ1) is 25.2. The molecule has 1 aliphatic heterocycles. The lowest BCUT2D eigenvalue weighted by Crippen LogP contribution is -2.38. The van der Waals surface area contributed by atoms with Gasteiger partial charge < -0.3 is 14.2 Å². The molecule has 0 spiro atoms. The molecule has 0 unspecified atom stereocenters. The van der Waals surface area contributed by atoms with Gasteiger partial charge in [0.25, 0.3) is 0 Å². The second-order valence-corrected chi connectivity index (χ2v) is 8.75. The van der Waals surface area contributed by atoms with Crippen molar-refractivity contribution < 1.29 is 14.2 Å². The van der Waals surface area contributed by atoms with Gasteiger partial charge >= 0.3 is 0 Å². The molecule has 1 aliphatic rings. The Hall–Kier alpha value is -4.41. The lowest BCUT2D eigenvalue weighted by atomic mass is 10.1. The van der Waals surface area contributed by atoms with Crippen LogP contribution >= 0.6 is 0 Å². The lowest BCUT2D eigenvalue weighted by Gasteiger charge is -2.26. The van der Waals surface area contributed by atoms with Gasteiger partial charge in [0.2, 0.25) is 5.88 Å². The molecular formula is C28H29N7O3. The highest BCUT2D eigenvalue weighted by Crippen LogP contribution is 2.20. The molecule has 2 aromatic carbocycles. The number of hydrogen-bond acceptors (Lipinski definition) is 9. The fraction of sp³-hybridized carbons (Fsp3) is 0.250. The van der Waals surface area contributed by atoms with Crippen LogP contribution in [0.5, 0.6) is 17.4 Å². The third-order valence-corrected chi connectivity index (χ3v) is 6.00. The minimum atomic E-state index is 0.0964. The van der Waals surface area contributed by atoms with Crippen LogP contribution in [0.25, 0.3) is 11.4 Å². The standard InChI is InChI=1S/C28H29N7O3/c29-25-9-10-27(38-23-7-2-1-3-8-23)33-35(25)26(30)18-21-5-4-6-22(17-21)28-31-19-24(20-32-28)37-16-13-34-11-14-36-15-12-34/h1-10,17,19-20,29-30H,11-16,18H2. The van der Waals surface area contributed by atoms with Crippen molar-refractivity contribution in [2.24, 2.45) is 0 Å². The number of para-hydroxylation sites is 1. The third kappa shape index (κ3) is 6.67. The van der Waals surface area contributed by atoms with Crippen LogP contribution in [0.3, 0.4) is 0 Å². The van der Waals surface area contributed by atoms with Gasteiger partial charge in [0.15, 0.2) is 11.6 Å². The summed E-state index contributed by atoms with van der Waals surface area (Å²) in [4.78, 5) is 11.3. The predicted octanol–water partition coefficient (Wildman–Crippen LogP) is 3.39. The number of benzene rings is 2. The van der Waals surface area contributed by atoms with Crippen LogP contribution in [0.15, 0.2) is 79.1 Å². The fourth-order valence-electron chi connectivity index (χ4n) is 4.02. The molecule has 5 rings (SSSR count). The summed E-state index contributed by atoms with van der Waals surface area (Å²) in [6.45, 7) is 4.80. The van der Waals surface area contributed by atoms with E-state index >= 15 is 0 Å². The molecule has 4 aromatic rings. The molecule has 1 fully saturated rings. The predicted molar refractivity (Wildman–Crippen MR) is 142 cm³/mol. The molecule has 2 N–H and O–H groups in total. The number of rotatable bonds is 9. The second kappa shape index (κ2) is 12.2. The lowest BCUT2D eigenvalue weighted by molar-refractivity contribution is 0.0322. The van der Waals surface area contributed by atoms with Crippen LogP contribution in [-0.4, -0.2) is 69.9 Å². The third-order valence-electron chi connectivity index (χ3n) is 6.00. The maximum atomic E-state index is 8.59. The van der Waals surface area contributed by atoms with E-state index in [9.17, 15) is 0 Å². The van der Waals surface area contributed by atoms with E-state index in [0.717, 1.165) is 44.0 Å². The molecule has 0 atom stereocenters. The molecule has 194 valence electrons. The fourth-order valence-corrected chi connectivity index (χ4v) is 4.02. The van der Waals surface area contributed by atoms with Gasteiger partial charge in [0.1, 0.15) is 23.7 Å². The minimum Gasteiger partial charge on any atom is -0.489 e. The molecule has 0 aliphatic carbocycles. The first-order valence-corrected chi connectivity index (χ1v) is 12.4. The Bertz CT molecular complexity index is 1420. The number of hydrogen-bond donors (Lipinski definition) is 2. The summed E-state index contributed by atoms with van der Waals surface area (Å²) >= 11 is 0. The molecule has 10 nitrogen and oxygen atoms in total. The van der Waals surface area contributed by atoms with Gasteiger partial charge in [-0.3, -0.25) is 15.7 Å². The van der Waals surface area contributed by atoms with Crippen molar-refractivity contribution in [1.82, 2.24) is 24.6 Å². The maximum Gasteiger partial charge on any atom is 0.237 e. The summed E-state index contributed by atoms with van der Waals surface area (Å²) in [5.74, 6) is 2.30.